The van der Waals surface area contributed by atoms with E-state index < -0.39 is 10.0 Å². The molecule has 1 heterocycles. The van der Waals surface area contributed by atoms with E-state index >= 15 is 0 Å². The molecule has 1 fully saturated rings. The first kappa shape index (κ1) is 18.9. The van der Waals surface area contributed by atoms with Gasteiger partial charge in [-0.3, -0.25) is 4.79 Å². The van der Waals surface area contributed by atoms with Crippen molar-refractivity contribution in [1.29, 1.82) is 0 Å². The molecule has 24 heavy (non-hydrogen) atoms. The number of nitrogens with zero attached hydrogens (tertiary/aromatic N) is 2. The van der Waals surface area contributed by atoms with Crippen molar-refractivity contribution in [3.05, 3.63) is 35.9 Å². The van der Waals surface area contributed by atoms with Crippen molar-refractivity contribution in [3.63, 3.8) is 0 Å². The number of amides is 1. The summed E-state index contributed by atoms with van der Waals surface area (Å²) in [7, 11) is -3.35. The van der Waals surface area contributed by atoms with E-state index in [0.717, 1.165) is 31.4 Å². The summed E-state index contributed by atoms with van der Waals surface area (Å²) in [5, 5.41) is 0. The molecular weight excluding hydrogens is 324 g/mol. The largest absolute Gasteiger partial charge is 0.340 e. The maximum absolute atomic E-state index is 12.6. The molecule has 0 saturated carbocycles. The maximum atomic E-state index is 12.6. The number of benzene rings is 1. The molecule has 1 aliphatic heterocycles. The quantitative estimate of drug-likeness (QED) is 0.758. The van der Waals surface area contributed by atoms with Crippen molar-refractivity contribution in [2.24, 2.45) is 0 Å². The van der Waals surface area contributed by atoms with Gasteiger partial charge in [0.2, 0.25) is 15.9 Å². The van der Waals surface area contributed by atoms with Gasteiger partial charge in [0.15, 0.2) is 0 Å². The minimum absolute atomic E-state index is 0.0725. The fraction of sp³-hybridized carbons (Fsp3) is 0.611. The molecule has 134 valence electrons. The molecule has 0 N–H and O–H groups in total. The van der Waals surface area contributed by atoms with Gasteiger partial charge in [0, 0.05) is 32.1 Å². The van der Waals surface area contributed by atoms with Crippen LogP contribution >= 0.6 is 0 Å². The van der Waals surface area contributed by atoms with E-state index in [9.17, 15) is 13.2 Å². The van der Waals surface area contributed by atoms with Crippen molar-refractivity contribution >= 4 is 15.9 Å². The molecule has 0 spiro atoms. The summed E-state index contributed by atoms with van der Waals surface area (Å²) in [5.41, 5.74) is 0.930. The van der Waals surface area contributed by atoms with Gasteiger partial charge in [-0.25, -0.2) is 8.42 Å². The Labute approximate surface area is 145 Å². The lowest BCUT2D eigenvalue weighted by molar-refractivity contribution is -0.135. The van der Waals surface area contributed by atoms with Gasteiger partial charge in [-0.05, 0) is 31.2 Å². The van der Waals surface area contributed by atoms with Crippen LogP contribution in [-0.4, -0.2) is 48.9 Å². The molecule has 1 atom stereocenters. The fourth-order valence-electron chi connectivity index (χ4n) is 3.27. The van der Waals surface area contributed by atoms with Gasteiger partial charge in [0.05, 0.1) is 6.26 Å². The normalized spacial score (nSPS) is 18.8. The Morgan fingerprint density at radius 1 is 1.25 bits per heavy atom. The van der Waals surface area contributed by atoms with E-state index in [4.69, 9.17) is 0 Å². The Morgan fingerprint density at radius 2 is 1.96 bits per heavy atom. The third-order valence-corrected chi connectivity index (χ3v) is 5.91. The summed E-state index contributed by atoms with van der Waals surface area (Å²) in [4.78, 5) is 14.5. The van der Waals surface area contributed by atoms with Crippen LogP contribution in [0.4, 0.5) is 0 Å². The van der Waals surface area contributed by atoms with E-state index in [1.165, 1.54) is 17.0 Å². The first-order chi connectivity index (χ1) is 11.4. The summed E-state index contributed by atoms with van der Waals surface area (Å²) in [6.07, 6.45) is 5.69. The number of rotatable bonds is 7. The second-order valence-electron chi connectivity index (χ2n) is 6.48. The van der Waals surface area contributed by atoms with E-state index in [1.807, 2.05) is 35.2 Å². The van der Waals surface area contributed by atoms with E-state index in [1.54, 1.807) is 0 Å². The molecule has 0 aromatic heterocycles. The first-order valence-electron chi connectivity index (χ1n) is 8.70. The number of hydrogen-bond donors (Lipinski definition) is 0. The van der Waals surface area contributed by atoms with E-state index in [2.05, 4.69) is 6.92 Å². The average Bonchev–Trinajstić information content (AvgIpc) is 2.58. The van der Waals surface area contributed by atoms with Crippen LogP contribution in [0.25, 0.3) is 0 Å². The third kappa shape index (κ3) is 5.31. The molecular formula is C18H28N2O3S. The van der Waals surface area contributed by atoms with E-state index in [-0.39, 0.29) is 18.9 Å². The van der Waals surface area contributed by atoms with Crippen molar-refractivity contribution < 1.29 is 13.2 Å². The number of hydrogen-bond acceptors (Lipinski definition) is 3. The molecule has 1 amide bonds. The highest BCUT2D eigenvalue weighted by Crippen LogP contribution is 2.20. The zero-order valence-corrected chi connectivity index (χ0v) is 15.5. The van der Waals surface area contributed by atoms with Crippen molar-refractivity contribution in [1.82, 2.24) is 9.21 Å². The molecule has 1 saturated heterocycles. The monoisotopic (exact) mass is 352 g/mol. The molecule has 0 radical (unpaired) electrons. The minimum atomic E-state index is -3.35. The van der Waals surface area contributed by atoms with Crippen molar-refractivity contribution in [2.75, 3.05) is 19.3 Å². The zero-order chi connectivity index (χ0) is 17.6. The second kappa shape index (κ2) is 8.62. The topological polar surface area (TPSA) is 57.7 Å². The lowest BCUT2D eigenvalue weighted by atomic mass is 9.99. The van der Waals surface area contributed by atoms with Crippen LogP contribution in [0.3, 0.4) is 0 Å². The minimum Gasteiger partial charge on any atom is -0.340 e. The predicted octanol–water partition coefficient (Wildman–Crippen LogP) is 2.63. The Bertz CT molecular complexity index is 631. The molecule has 1 aliphatic rings. The molecule has 2 rings (SSSR count). The third-order valence-electron chi connectivity index (χ3n) is 4.66. The van der Waals surface area contributed by atoms with Crippen LogP contribution in [0, 0.1) is 0 Å². The van der Waals surface area contributed by atoms with Crippen LogP contribution in [0.2, 0.25) is 0 Å². The van der Waals surface area contributed by atoms with Gasteiger partial charge in [-0.2, -0.15) is 4.31 Å². The summed E-state index contributed by atoms with van der Waals surface area (Å²) in [6.45, 7) is 3.45. The lowest BCUT2D eigenvalue weighted by Crippen LogP contribution is -2.44. The van der Waals surface area contributed by atoms with Crippen LogP contribution in [0.5, 0.6) is 0 Å². The molecule has 0 aliphatic carbocycles. The van der Waals surface area contributed by atoms with Crippen LogP contribution in [0.1, 0.15) is 44.6 Å². The highest BCUT2D eigenvalue weighted by molar-refractivity contribution is 7.88. The van der Waals surface area contributed by atoms with Gasteiger partial charge < -0.3 is 4.90 Å². The van der Waals surface area contributed by atoms with Gasteiger partial charge in [0.1, 0.15) is 0 Å². The molecule has 6 heteroatoms. The Kier molecular flexibility index (Phi) is 6.80. The summed E-state index contributed by atoms with van der Waals surface area (Å²) in [5.74, 6) is 0.0725. The van der Waals surface area contributed by atoms with Crippen LogP contribution in [0.15, 0.2) is 30.3 Å². The van der Waals surface area contributed by atoms with Gasteiger partial charge in [-0.15, -0.1) is 0 Å². The average molecular weight is 353 g/mol. The number of likely N-dealkylation sites (tertiary alicyclic amines) is 1. The zero-order valence-electron chi connectivity index (χ0n) is 14.6. The highest BCUT2D eigenvalue weighted by Gasteiger charge is 2.26. The Balaban J connectivity index is 1.98. The van der Waals surface area contributed by atoms with Crippen molar-refractivity contribution in [2.45, 2.75) is 51.6 Å². The molecule has 5 nitrogen and oxygen atoms in total. The van der Waals surface area contributed by atoms with Gasteiger partial charge in [-0.1, -0.05) is 37.3 Å². The summed E-state index contributed by atoms with van der Waals surface area (Å²) < 4.78 is 25.5. The number of carbonyl (C=O) groups is 1. The highest BCUT2D eigenvalue weighted by atomic mass is 32.2. The van der Waals surface area contributed by atoms with Gasteiger partial charge >= 0.3 is 0 Å². The van der Waals surface area contributed by atoms with E-state index in [0.29, 0.717) is 12.6 Å². The number of sulfonamides is 1. The number of carbonyl (C=O) groups excluding carboxylic acids is 1. The molecule has 0 bridgehead atoms. The SMILES string of the molecule is CCC1CCCCN1C(=O)CCN(Cc1ccccc1)S(C)(=O)=O. The molecule has 1 unspecified atom stereocenters. The van der Waals surface area contributed by atoms with Gasteiger partial charge in [0.25, 0.3) is 0 Å². The summed E-state index contributed by atoms with van der Waals surface area (Å²) in [6, 6.07) is 9.79. The predicted molar refractivity (Wildman–Crippen MR) is 96.0 cm³/mol. The van der Waals surface area contributed by atoms with Crippen LogP contribution < -0.4 is 0 Å². The first-order valence-corrected chi connectivity index (χ1v) is 10.5. The number of piperidine rings is 1. The Hall–Kier alpha value is -1.40. The van der Waals surface area contributed by atoms with Crippen molar-refractivity contribution in [3.8, 4) is 0 Å². The maximum Gasteiger partial charge on any atom is 0.224 e. The lowest BCUT2D eigenvalue weighted by Gasteiger charge is -2.35. The molecule has 1 aromatic rings. The molecule has 1 aromatic carbocycles. The smallest absolute Gasteiger partial charge is 0.224 e. The fourth-order valence-corrected chi connectivity index (χ4v) is 4.07. The standard InChI is InChI=1S/C18H28N2O3S/c1-3-17-11-7-8-13-20(17)18(21)12-14-19(24(2,22)23)15-16-9-5-4-6-10-16/h4-6,9-10,17H,3,7-8,11-15H2,1-2H3. The Morgan fingerprint density at radius 3 is 2.58 bits per heavy atom. The van der Waals surface area contributed by atoms with Crippen LogP contribution in [-0.2, 0) is 21.4 Å². The second-order valence-corrected chi connectivity index (χ2v) is 8.46. The summed E-state index contributed by atoms with van der Waals surface area (Å²) >= 11 is 0.